The van der Waals surface area contributed by atoms with E-state index in [0.717, 1.165) is 17.1 Å². The van der Waals surface area contributed by atoms with Crippen molar-refractivity contribution in [2.45, 2.75) is 6.92 Å². The summed E-state index contributed by atoms with van der Waals surface area (Å²) in [7, 11) is 3.51. The van der Waals surface area contributed by atoms with E-state index in [9.17, 15) is 0 Å². The van der Waals surface area contributed by atoms with Crippen molar-refractivity contribution in [2.75, 3.05) is 19.1 Å². The molecule has 0 saturated heterocycles. The number of hydrogen-bond acceptors (Lipinski definition) is 4. The minimum atomic E-state index is -0.00533. The Morgan fingerprint density at radius 2 is 1.95 bits per heavy atom. The van der Waals surface area contributed by atoms with Gasteiger partial charge < -0.3 is 15.4 Å². The van der Waals surface area contributed by atoms with Crippen molar-refractivity contribution in [3.63, 3.8) is 0 Å². The normalized spacial score (nSPS) is 10.2. The van der Waals surface area contributed by atoms with Crippen LogP contribution in [0, 0.1) is 12.3 Å². The molecular formula is C15H18N4O. The summed E-state index contributed by atoms with van der Waals surface area (Å²) in [5.41, 5.74) is 7.98. The van der Waals surface area contributed by atoms with E-state index < -0.39 is 0 Å². The van der Waals surface area contributed by atoms with Gasteiger partial charge in [0, 0.05) is 12.7 Å². The van der Waals surface area contributed by atoms with E-state index in [2.05, 4.69) is 4.98 Å². The van der Waals surface area contributed by atoms with E-state index in [1.54, 1.807) is 7.11 Å². The minimum Gasteiger partial charge on any atom is -0.495 e. The van der Waals surface area contributed by atoms with Crippen LogP contribution in [-0.4, -0.2) is 25.0 Å². The van der Waals surface area contributed by atoms with Gasteiger partial charge in [-0.2, -0.15) is 0 Å². The smallest absolute Gasteiger partial charge is 0.144 e. The van der Waals surface area contributed by atoms with E-state index in [-0.39, 0.29) is 5.84 Å². The molecule has 1 aromatic heterocycles. The number of rotatable bonds is 4. The van der Waals surface area contributed by atoms with Gasteiger partial charge in [0.25, 0.3) is 0 Å². The molecule has 0 fully saturated rings. The average Bonchev–Trinajstić information content (AvgIpc) is 2.46. The summed E-state index contributed by atoms with van der Waals surface area (Å²) in [6, 6.07) is 11.3. The molecule has 0 aliphatic carbocycles. The maximum absolute atomic E-state index is 7.68. The monoisotopic (exact) mass is 270 g/mol. The molecule has 0 saturated carbocycles. The summed E-state index contributed by atoms with van der Waals surface area (Å²) < 4.78 is 5.36. The predicted octanol–water partition coefficient (Wildman–Crippen LogP) is 2.45. The van der Waals surface area contributed by atoms with Crippen molar-refractivity contribution in [3.8, 4) is 5.75 Å². The summed E-state index contributed by atoms with van der Waals surface area (Å²) >= 11 is 0. The van der Waals surface area contributed by atoms with Crippen molar-refractivity contribution in [1.82, 2.24) is 4.98 Å². The number of ether oxygens (including phenoxy) is 1. The molecule has 3 N–H and O–H groups in total. The van der Waals surface area contributed by atoms with Crippen molar-refractivity contribution >= 4 is 17.3 Å². The number of nitrogens with zero attached hydrogens (tertiary/aromatic N) is 2. The summed E-state index contributed by atoms with van der Waals surface area (Å²) in [6.45, 7) is 1.91. The molecule has 2 aromatic rings. The fraction of sp³-hybridized carbons (Fsp3) is 0.200. The molecule has 0 spiro atoms. The maximum atomic E-state index is 7.68. The highest BCUT2D eigenvalue weighted by molar-refractivity contribution is 6.00. The molecule has 5 nitrogen and oxygen atoms in total. The van der Waals surface area contributed by atoms with Crippen LogP contribution >= 0.6 is 0 Å². The van der Waals surface area contributed by atoms with E-state index in [1.807, 2.05) is 55.3 Å². The highest BCUT2D eigenvalue weighted by Crippen LogP contribution is 2.32. The van der Waals surface area contributed by atoms with Gasteiger partial charge in [-0.25, -0.2) is 4.98 Å². The Kier molecular flexibility index (Phi) is 3.89. The lowest BCUT2D eigenvalue weighted by molar-refractivity contribution is 0.415. The molecule has 0 radical (unpaired) electrons. The number of methoxy groups -OCH3 is 1. The van der Waals surface area contributed by atoms with Crippen LogP contribution in [0.4, 0.5) is 11.5 Å². The standard InChI is InChI=1S/C15H18N4O/c1-10-8-9-11(14(16)17)15(18-10)19(2)12-6-4-5-7-13(12)20-3/h4-9H,1-3H3,(H3,16,17). The molecule has 20 heavy (non-hydrogen) atoms. The minimum absolute atomic E-state index is 0.00533. The number of anilines is 2. The third kappa shape index (κ3) is 2.56. The van der Waals surface area contributed by atoms with Crippen LogP contribution < -0.4 is 15.4 Å². The zero-order valence-corrected chi connectivity index (χ0v) is 11.8. The quantitative estimate of drug-likeness (QED) is 0.661. The fourth-order valence-corrected chi connectivity index (χ4v) is 2.03. The van der Waals surface area contributed by atoms with Gasteiger partial charge in [0.15, 0.2) is 0 Å². The first kappa shape index (κ1) is 13.9. The molecule has 5 heteroatoms. The number of nitrogen functional groups attached to an aromatic ring is 1. The first-order valence-corrected chi connectivity index (χ1v) is 6.23. The van der Waals surface area contributed by atoms with Gasteiger partial charge in [-0.05, 0) is 31.2 Å². The Balaban J connectivity index is 2.55. The van der Waals surface area contributed by atoms with Crippen LogP contribution in [0.3, 0.4) is 0 Å². The molecule has 0 amide bonds. The number of aromatic nitrogens is 1. The Labute approximate surface area is 118 Å². The second kappa shape index (κ2) is 5.61. The molecule has 0 bridgehead atoms. The van der Waals surface area contributed by atoms with Gasteiger partial charge >= 0.3 is 0 Å². The van der Waals surface area contributed by atoms with E-state index in [1.165, 1.54) is 0 Å². The van der Waals surface area contributed by atoms with Crippen LogP contribution in [0.5, 0.6) is 5.75 Å². The third-order valence-corrected chi connectivity index (χ3v) is 3.07. The van der Waals surface area contributed by atoms with Gasteiger partial charge in [-0.3, -0.25) is 5.41 Å². The Morgan fingerprint density at radius 1 is 1.25 bits per heavy atom. The fourth-order valence-electron chi connectivity index (χ4n) is 2.03. The van der Waals surface area contributed by atoms with Crippen molar-refractivity contribution in [1.29, 1.82) is 5.41 Å². The van der Waals surface area contributed by atoms with Crippen molar-refractivity contribution in [3.05, 3.63) is 47.7 Å². The van der Waals surface area contributed by atoms with Gasteiger partial charge in [0.1, 0.15) is 17.4 Å². The van der Waals surface area contributed by atoms with E-state index in [4.69, 9.17) is 15.9 Å². The number of amidine groups is 1. The summed E-state index contributed by atoms with van der Waals surface area (Å²) in [5.74, 6) is 1.38. The molecule has 0 unspecified atom stereocenters. The summed E-state index contributed by atoms with van der Waals surface area (Å²) in [4.78, 5) is 6.37. The van der Waals surface area contributed by atoms with E-state index >= 15 is 0 Å². The number of hydrogen-bond donors (Lipinski definition) is 2. The molecule has 104 valence electrons. The number of pyridine rings is 1. The molecular weight excluding hydrogens is 252 g/mol. The van der Waals surface area contributed by atoms with Crippen LogP contribution in [-0.2, 0) is 0 Å². The third-order valence-electron chi connectivity index (χ3n) is 3.07. The summed E-state index contributed by atoms with van der Waals surface area (Å²) in [6.07, 6.45) is 0. The maximum Gasteiger partial charge on any atom is 0.144 e. The van der Waals surface area contributed by atoms with Gasteiger partial charge in [-0.1, -0.05) is 12.1 Å². The average molecular weight is 270 g/mol. The number of nitrogens with one attached hydrogen (secondary N) is 1. The second-order valence-electron chi connectivity index (χ2n) is 4.47. The first-order chi connectivity index (χ1) is 9.54. The zero-order valence-electron chi connectivity index (χ0n) is 11.8. The van der Waals surface area contributed by atoms with Crippen molar-refractivity contribution in [2.24, 2.45) is 5.73 Å². The first-order valence-electron chi connectivity index (χ1n) is 6.23. The van der Waals surface area contributed by atoms with Crippen LogP contribution in [0.2, 0.25) is 0 Å². The van der Waals surface area contributed by atoms with Crippen LogP contribution in [0.25, 0.3) is 0 Å². The Morgan fingerprint density at radius 3 is 2.60 bits per heavy atom. The van der Waals surface area contributed by atoms with Gasteiger partial charge in [0.2, 0.25) is 0 Å². The lowest BCUT2D eigenvalue weighted by Crippen LogP contribution is -2.20. The second-order valence-corrected chi connectivity index (χ2v) is 4.47. The number of para-hydroxylation sites is 2. The Bertz CT molecular complexity index is 640. The van der Waals surface area contributed by atoms with E-state index in [0.29, 0.717) is 11.4 Å². The van der Waals surface area contributed by atoms with Crippen LogP contribution in [0.1, 0.15) is 11.3 Å². The largest absolute Gasteiger partial charge is 0.495 e. The number of benzene rings is 1. The lowest BCUT2D eigenvalue weighted by atomic mass is 10.2. The van der Waals surface area contributed by atoms with Crippen LogP contribution in [0.15, 0.2) is 36.4 Å². The summed E-state index contributed by atoms with van der Waals surface area (Å²) in [5, 5.41) is 7.68. The lowest BCUT2D eigenvalue weighted by Gasteiger charge is -2.23. The molecule has 0 atom stereocenters. The SMILES string of the molecule is COc1ccccc1N(C)c1nc(C)ccc1C(=N)N. The molecule has 0 aliphatic rings. The topological polar surface area (TPSA) is 75.2 Å². The van der Waals surface area contributed by atoms with Gasteiger partial charge in [-0.15, -0.1) is 0 Å². The zero-order chi connectivity index (χ0) is 14.7. The molecule has 0 aliphatic heterocycles. The predicted molar refractivity (Wildman–Crippen MR) is 81.0 cm³/mol. The van der Waals surface area contributed by atoms with Gasteiger partial charge in [0.05, 0.1) is 18.4 Å². The van der Waals surface area contributed by atoms with Crippen molar-refractivity contribution < 1.29 is 4.74 Å². The Hall–Kier alpha value is -2.56. The molecule has 1 aromatic carbocycles. The molecule has 2 rings (SSSR count). The highest BCUT2D eigenvalue weighted by Gasteiger charge is 2.16. The highest BCUT2D eigenvalue weighted by atomic mass is 16.5. The molecule has 1 heterocycles. The number of nitrogens with two attached hydrogens (primary N) is 1. The number of aryl methyl sites for hydroxylation is 1.